The predicted octanol–water partition coefficient (Wildman–Crippen LogP) is 6.51. The van der Waals surface area contributed by atoms with Crippen LogP contribution in [0.2, 0.25) is 0 Å². The second kappa shape index (κ2) is 12.4. The molecule has 3 aromatic carbocycles. The van der Waals surface area contributed by atoms with Gasteiger partial charge in [0.2, 0.25) is 0 Å². The van der Waals surface area contributed by atoms with Crippen molar-refractivity contribution in [2.75, 3.05) is 28.2 Å². The number of carbonyl (C=O) groups is 1. The molecule has 1 fully saturated rings. The van der Waals surface area contributed by atoms with Gasteiger partial charge in [0.25, 0.3) is 0 Å². The summed E-state index contributed by atoms with van der Waals surface area (Å²) in [5.41, 5.74) is 12.6. The first kappa shape index (κ1) is 29.9. The van der Waals surface area contributed by atoms with Crippen molar-refractivity contribution in [3.05, 3.63) is 88.1 Å². The molecule has 1 atom stereocenters. The number of carbonyl (C=O) groups excluding carboxylic acids is 1. The van der Waals surface area contributed by atoms with E-state index in [-0.39, 0.29) is 18.3 Å². The molecule has 0 aliphatic carbocycles. The molecule has 0 spiro atoms. The zero-order chi connectivity index (χ0) is 26.9. The number of benzene rings is 3. The number of rotatable bonds is 3. The van der Waals surface area contributed by atoms with Gasteiger partial charge in [0, 0.05) is 24.5 Å². The molecule has 2 aliphatic rings. The summed E-state index contributed by atoms with van der Waals surface area (Å²) in [5, 5.41) is 2.79. The van der Waals surface area contributed by atoms with Crippen LogP contribution in [-0.2, 0) is 22.6 Å². The van der Waals surface area contributed by atoms with E-state index in [9.17, 15) is 4.79 Å². The predicted molar refractivity (Wildman–Crippen MR) is 158 cm³/mol. The van der Waals surface area contributed by atoms with Crippen LogP contribution in [0.25, 0.3) is 0 Å². The Labute approximate surface area is 243 Å². The summed E-state index contributed by atoms with van der Waals surface area (Å²) in [4.78, 5) is 16.1. The molecular formula is C31H37ClN3O2Ru. The van der Waals surface area contributed by atoms with Gasteiger partial charge in [-0.05, 0) is 63.8 Å². The minimum atomic E-state index is -0.421. The van der Waals surface area contributed by atoms with Crippen LogP contribution in [0.4, 0.5) is 17.1 Å². The van der Waals surface area contributed by atoms with Gasteiger partial charge in [0.1, 0.15) is 0 Å². The Hall–Kier alpha value is -2.69. The van der Waals surface area contributed by atoms with Crippen molar-refractivity contribution in [3.8, 4) is 5.75 Å². The molecule has 0 saturated carbocycles. The van der Waals surface area contributed by atoms with E-state index >= 15 is 0 Å². The molecule has 3 aromatic rings. The SMILES string of the molecule is CC1Oc2c([CH]=[Ru+])cccc2NC1=O.Cc1cc(C)c(N2[CH-]N(c3c(C)cc(C)cc3C)CC2)c(C)c1.Cl. The summed E-state index contributed by atoms with van der Waals surface area (Å²) in [6.07, 6.45) is -0.421. The summed E-state index contributed by atoms with van der Waals surface area (Å²) in [7, 11) is 0. The molecule has 1 saturated heterocycles. The summed E-state index contributed by atoms with van der Waals surface area (Å²) in [6, 6.07) is 14.8. The molecule has 5 nitrogen and oxygen atoms in total. The molecule has 0 radical (unpaired) electrons. The number of halogens is 1. The van der Waals surface area contributed by atoms with E-state index < -0.39 is 6.10 Å². The van der Waals surface area contributed by atoms with Gasteiger partial charge in [-0.25, -0.2) is 0 Å². The summed E-state index contributed by atoms with van der Waals surface area (Å²) >= 11 is 2.43. The molecule has 2 heterocycles. The monoisotopic (exact) mass is 620 g/mol. The Balaban J connectivity index is 0.000000229. The Bertz CT molecular complexity index is 1250. The van der Waals surface area contributed by atoms with E-state index in [0.717, 1.165) is 30.1 Å². The smallest absolute Gasteiger partial charge is 0.0146 e. The molecular weight excluding hydrogens is 583 g/mol. The van der Waals surface area contributed by atoms with Crippen molar-refractivity contribution in [3.63, 3.8) is 0 Å². The maximum Gasteiger partial charge on any atom is 0.0146 e. The second-order valence-electron chi connectivity index (χ2n) is 10.1. The topological polar surface area (TPSA) is 44.8 Å². The van der Waals surface area contributed by atoms with Crippen LogP contribution in [0.15, 0.2) is 42.5 Å². The maximum atomic E-state index is 11.3. The van der Waals surface area contributed by atoms with Crippen molar-refractivity contribution in [1.29, 1.82) is 0 Å². The average Bonchev–Trinajstić information content (AvgIpc) is 3.27. The van der Waals surface area contributed by atoms with Crippen LogP contribution in [-0.4, -0.2) is 29.7 Å². The van der Waals surface area contributed by atoms with E-state index in [1.165, 1.54) is 44.8 Å². The summed E-state index contributed by atoms with van der Waals surface area (Å²) in [5.74, 6) is 0.651. The third kappa shape index (κ3) is 6.30. The largest absolute Gasteiger partial charge is 0.502 e. The van der Waals surface area contributed by atoms with Crippen LogP contribution >= 0.6 is 12.4 Å². The van der Waals surface area contributed by atoms with Crippen molar-refractivity contribution in [2.24, 2.45) is 0 Å². The molecule has 1 N–H and O–H groups in total. The molecule has 0 bridgehead atoms. The zero-order valence-corrected chi connectivity index (χ0v) is 25.7. The van der Waals surface area contributed by atoms with Crippen molar-refractivity contribution in [1.82, 2.24) is 0 Å². The van der Waals surface area contributed by atoms with Crippen LogP contribution in [0.3, 0.4) is 0 Å². The second-order valence-corrected chi connectivity index (χ2v) is 10.6. The van der Waals surface area contributed by atoms with Gasteiger partial charge in [-0.2, -0.15) is 6.67 Å². The number of hydrogen-bond donors (Lipinski definition) is 1. The Morgan fingerprint density at radius 1 is 0.895 bits per heavy atom. The van der Waals surface area contributed by atoms with E-state index in [4.69, 9.17) is 4.74 Å². The molecule has 7 heteroatoms. The minimum absolute atomic E-state index is 0. The Morgan fingerprint density at radius 3 is 1.82 bits per heavy atom. The number of fused-ring (bicyclic) bond motifs is 1. The number of ether oxygens (including phenoxy) is 1. The minimum Gasteiger partial charge on any atom is -0.502 e. The molecule has 203 valence electrons. The van der Waals surface area contributed by atoms with Crippen molar-refractivity contribution in [2.45, 2.75) is 54.6 Å². The number of nitrogens with one attached hydrogen (secondary N) is 1. The van der Waals surface area contributed by atoms with E-state index in [1.54, 1.807) is 6.92 Å². The van der Waals surface area contributed by atoms with Gasteiger partial charge < -0.3 is 9.80 Å². The number of nitrogens with zero attached hydrogens (tertiary/aromatic N) is 2. The number of aryl methyl sites for hydroxylation is 6. The van der Waals surface area contributed by atoms with Gasteiger partial charge in [-0.3, -0.25) is 0 Å². The first-order valence-corrected chi connectivity index (χ1v) is 13.7. The molecule has 2 aliphatic heterocycles. The number of hydrogen-bond acceptors (Lipinski definition) is 4. The third-order valence-electron chi connectivity index (χ3n) is 6.78. The van der Waals surface area contributed by atoms with E-state index in [0.29, 0.717) is 0 Å². The van der Waals surface area contributed by atoms with Crippen molar-refractivity contribution >= 4 is 40.0 Å². The third-order valence-corrected chi connectivity index (χ3v) is 7.32. The molecule has 1 unspecified atom stereocenters. The molecule has 0 aromatic heterocycles. The number of para-hydroxylation sites is 1. The van der Waals surface area contributed by atoms with Gasteiger partial charge in [-0.1, -0.05) is 35.4 Å². The van der Waals surface area contributed by atoms with Crippen LogP contribution in [0.5, 0.6) is 5.75 Å². The van der Waals surface area contributed by atoms with Gasteiger partial charge in [-0.15, -0.1) is 12.4 Å². The Kier molecular flexibility index (Phi) is 9.78. The van der Waals surface area contributed by atoms with Gasteiger partial charge >= 0.3 is 91.4 Å². The number of anilines is 3. The van der Waals surface area contributed by atoms with E-state index in [1.807, 2.05) is 22.8 Å². The van der Waals surface area contributed by atoms with Crippen LogP contribution in [0, 0.1) is 48.2 Å². The first-order valence-electron chi connectivity index (χ1n) is 12.7. The van der Waals surface area contributed by atoms with Crippen LogP contribution in [0.1, 0.15) is 45.9 Å². The maximum absolute atomic E-state index is 11.3. The number of amides is 1. The quantitative estimate of drug-likeness (QED) is 0.268. The van der Waals surface area contributed by atoms with Gasteiger partial charge in [0.05, 0.1) is 0 Å². The van der Waals surface area contributed by atoms with E-state index in [2.05, 4.69) is 105 Å². The molecule has 1 amide bonds. The van der Waals surface area contributed by atoms with Gasteiger partial charge in [0.15, 0.2) is 0 Å². The zero-order valence-electron chi connectivity index (χ0n) is 23.2. The summed E-state index contributed by atoms with van der Waals surface area (Å²) in [6.45, 7) is 19.3. The van der Waals surface area contributed by atoms with Crippen molar-refractivity contribution < 1.29 is 27.4 Å². The summed E-state index contributed by atoms with van der Waals surface area (Å²) < 4.78 is 7.40. The fraction of sp³-hybridized carbons (Fsp3) is 0.323. The fourth-order valence-electron chi connectivity index (χ4n) is 5.42. The Morgan fingerprint density at radius 2 is 1.37 bits per heavy atom. The first-order chi connectivity index (χ1) is 17.6. The average molecular weight is 620 g/mol. The molecule has 38 heavy (non-hydrogen) atoms. The van der Waals surface area contributed by atoms with Crippen LogP contribution < -0.4 is 19.9 Å². The fourth-order valence-corrected chi connectivity index (χ4v) is 5.81. The normalized spacial score (nSPS) is 16.0. The molecule has 5 rings (SSSR count). The standard InChI is InChI=1S/C21H27N2.C10H9NO2.ClH.Ru/c1-14-9-16(3)20(17(4)10-14)22-7-8-23(13-22)21-18(5)11-15(2)12-19(21)6;1-6-4-3-5-8-9(6)13-7(2)10(12)11-8;;/h9-13H,7-8H2,1-6H3;1,3-5,7H,2H3,(H,11,12);1H;/q-1;;;+1.